The van der Waals surface area contributed by atoms with Crippen LogP contribution in [-0.2, 0) is 49.7 Å². The van der Waals surface area contributed by atoms with E-state index in [4.69, 9.17) is 0 Å². The van der Waals surface area contributed by atoms with E-state index in [0.717, 1.165) is 9.44 Å². The number of benzene rings is 2. The van der Waals surface area contributed by atoms with Crippen molar-refractivity contribution in [1.82, 2.24) is 9.44 Å². The maximum absolute atomic E-state index is 16.4. The first-order valence-electron chi connectivity index (χ1n) is 12.5. The number of halogens is 10. The monoisotopic (exact) mass is 726 g/mol. The van der Waals surface area contributed by atoms with Gasteiger partial charge in [-0.15, -0.1) is 0 Å². The van der Waals surface area contributed by atoms with E-state index in [9.17, 15) is 43.2 Å². The van der Waals surface area contributed by atoms with Gasteiger partial charge in [0, 0.05) is 0 Å². The van der Waals surface area contributed by atoms with E-state index in [0.29, 0.717) is 24.3 Å². The molecule has 0 heterocycles. The molecule has 0 spiro atoms. The summed E-state index contributed by atoms with van der Waals surface area (Å²) in [7, 11) is -12.0. The van der Waals surface area contributed by atoms with E-state index in [1.54, 1.807) is 0 Å². The topological polar surface area (TPSA) is 92.3 Å². The van der Waals surface area contributed by atoms with E-state index in [2.05, 4.69) is 0 Å². The molecule has 0 fully saturated rings. The number of rotatable bonds is 10. The van der Waals surface area contributed by atoms with Crippen molar-refractivity contribution >= 4 is 27.8 Å². The fourth-order valence-electron chi connectivity index (χ4n) is 5.09. The zero-order valence-electron chi connectivity index (χ0n) is 22.3. The summed E-state index contributed by atoms with van der Waals surface area (Å²) in [5.41, 5.74) is -13.2. The Kier molecular flexibility index (Phi) is 9.71. The third kappa shape index (κ3) is 6.45. The van der Waals surface area contributed by atoms with E-state index < -0.39 is 103 Å². The molecule has 2 N–H and O–H groups in total. The van der Waals surface area contributed by atoms with Crippen molar-refractivity contribution in [2.24, 2.45) is 0 Å². The fraction of sp³-hybridized carbons (Fsp3) is 0.231. The van der Waals surface area contributed by atoms with Crippen molar-refractivity contribution in [1.29, 1.82) is 0 Å². The van der Waals surface area contributed by atoms with Gasteiger partial charge in [0.05, 0.1) is 0 Å². The second-order valence-electron chi connectivity index (χ2n) is 9.73. The number of hydrogen-bond acceptors (Lipinski definition) is 4. The molecule has 0 unspecified atom stereocenters. The van der Waals surface area contributed by atoms with Gasteiger partial charge in [0.1, 0.15) is 0 Å². The van der Waals surface area contributed by atoms with Gasteiger partial charge in [-0.25, -0.2) is 0 Å². The SMILES string of the molecule is O=S(=O)(NCc1ccc(F)[c]([Ti]([C]2=CC=CC2)([C]2=CC=CC2)[c]2c(F)ccc(CNS(=O)(=O)C(F)(F)F)c2F)c1F)C(F)(F)F. The van der Waals surface area contributed by atoms with Gasteiger partial charge in [0.15, 0.2) is 0 Å². The summed E-state index contributed by atoms with van der Waals surface area (Å²) < 4.78 is 189. The molecule has 2 aromatic carbocycles. The summed E-state index contributed by atoms with van der Waals surface area (Å²) in [5, 5.41) is 0. The summed E-state index contributed by atoms with van der Waals surface area (Å²) in [6.07, 6.45) is 8.30. The molecule has 0 aliphatic heterocycles. The van der Waals surface area contributed by atoms with Crippen molar-refractivity contribution < 1.29 is 77.3 Å². The molecule has 2 aromatic rings. The number of sulfonamides is 2. The summed E-state index contributed by atoms with van der Waals surface area (Å²) >= 11 is -5.64. The molecular weight excluding hydrogens is 706 g/mol. The maximum atomic E-state index is 16.4. The molecule has 45 heavy (non-hydrogen) atoms. The minimum atomic E-state index is -6.00. The first-order valence-corrected chi connectivity index (χ1v) is 18.6. The zero-order valence-corrected chi connectivity index (χ0v) is 25.5. The van der Waals surface area contributed by atoms with Crippen molar-refractivity contribution in [3.63, 3.8) is 0 Å². The molecule has 0 saturated carbocycles. The third-order valence-electron chi connectivity index (χ3n) is 7.11. The van der Waals surface area contributed by atoms with Gasteiger partial charge in [-0.05, 0) is 0 Å². The van der Waals surface area contributed by atoms with Gasteiger partial charge in [-0.2, -0.15) is 0 Å². The van der Waals surface area contributed by atoms with E-state index in [-0.39, 0.29) is 20.6 Å². The van der Waals surface area contributed by atoms with Gasteiger partial charge < -0.3 is 0 Å². The predicted molar refractivity (Wildman–Crippen MR) is 139 cm³/mol. The first kappa shape index (κ1) is 35.1. The van der Waals surface area contributed by atoms with E-state index in [1.165, 1.54) is 36.5 Å². The van der Waals surface area contributed by atoms with Crippen molar-refractivity contribution in [2.75, 3.05) is 0 Å². The quantitative estimate of drug-likeness (QED) is 0.269. The Morgan fingerprint density at radius 1 is 0.622 bits per heavy atom. The number of allylic oxidation sites excluding steroid dienone is 8. The second kappa shape index (κ2) is 12.4. The van der Waals surface area contributed by atoms with Crippen molar-refractivity contribution in [2.45, 2.75) is 36.9 Å². The van der Waals surface area contributed by atoms with Crippen LogP contribution in [0.3, 0.4) is 0 Å². The normalized spacial score (nSPS) is 16.0. The molecule has 4 rings (SSSR count). The Labute approximate surface area is 253 Å². The third-order valence-corrected chi connectivity index (χ3v) is 17.3. The molecule has 0 radical (unpaired) electrons. The number of alkyl halides is 6. The summed E-state index contributed by atoms with van der Waals surface area (Å²) in [6, 6.07) is 2.49. The van der Waals surface area contributed by atoms with Crippen LogP contribution in [-0.4, -0.2) is 27.9 Å². The molecular formula is C26H20F10N2O4S2Ti. The Bertz CT molecular complexity index is 1730. The molecule has 0 amide bonds. The molecule has 2 aliphatic carbocycles. The van der Waals surface area contributed by atoms with Gasteiger partial charge in [-0.1, -0.05) is 0 Å². The molecule has 2 aliphatic rings. The van der Waals surface area contributed by atoms with Crippen LogP contribution in [0.1, 0.15) is 24.0 Å². The van der Waals surface area contributed by atoms with Gasteiger partial charge >= 0.3 is 254 Å². The van der Waals surface area contributed by atoms with Crippen LogP contribution in [0.4, 0.5) is 43.9 Å². The standard InChI is InChI=1S/2C8H5F5NO2S.2C5H5.Ti/c2*9-6-2-1-5(7(10)3-6)4-14-17(15,16)8(11,12)13;2*1-2-4-5-3-1;/h2*1-2,14H,4H2;2*1-3H,4H2;. The molecule has 19 heteroatoms. The minimum absolute atomic E-state index is 0.106. The Morgan fingerprint density at radius 2 is 0.978 bits per heavy atom. The van der Waals surface area contributed by atoms with Gasteiger partial charge in [0.2, 0.25) is 0 Å². The number of hydrogen-bond donors (Lipinski definition) is 2. The van der Waals surface area contributed by atoms with Crippen molar-refractivity contribution in [3.8, 4) is 0 Å². The van der Waals surface area contributed by atoms with Crippen LogP contribution in [0, 0.1) is 23.3 Å². The molecule has 0 saturated heterocycles. The average molecular weight is 726 g/mol. The number of nitrogens with one attached hydrogen (secondary N) is 2. The zero-order chi connectivity index (χ0) is 33.6. The molecule has 0 bridgehead atoms. The molecule has 244 valence electrons. The van der Waals surface area contributed by atoms with Crippen LogP contribution in [0.2, 0.25) is 0 Å². The van der Waals surface area contributed by atoms with Crippen molar-refractivity contribution in [3.05, 3.63) is 103 Å². The Balaban J connectivity index is 2.01. The van der Waals surface area contributed by atoms with E-state index in [1.807, 2.05) is 0 Å². The van der Waals surface area contributed by atoms with Crippen LogP contribution in [0.25, 0.3) is 0 Å². The van der Waals surface area contributed by atoms with Crippen LogP contribution in [0.5, 0.6) is 0 Å². The first-order chi connectivity index (χ1) is 20.8. The van der Waals surface area contributed by atoms with Gasteiger partial charge in [0.25, 0.3) is 0 Å². The fourth-order valence-corrected chi connectivity index (χ4v) is 14.5. The Hall–Kier alpha value is -2.77. The van der Waals surface area contributed by atoms with Crippen LogP contribution in [0.15, 0.2) is 68.5 Å². The summed E-state index contributed by atoms with van der Waals surface area (Å²) in [6.45, 7) is -2.67. The predicted octanol–water partition coefficient (Wildman–Crippen LogP) is 4.91. The summed E-state index contributed by atoms with van der Waals surface area (Å²) in [5.74, 6) is -5.94. The second-order valence-corrected chi connectivity index (χ2v) is 19.2. The van der Waals surface area contributed by atoms with Crippen LogP contribution >= 0.6 is 0 Å². The van der Waals surface area contributed by atoms with Crippen LogP contribution < -0.4 is 17.2 Å². The molecule has 0 atom stereocenters. The molecule has 6 nitrogen and oxygen atoms in total. The van der Waals surface area contributed by atoms with E-state index >= 15 is 17.6 Å². The Morgan fingerprint density at radius 3 is 1.27 bits per heavy atom. The molecule has 0 aromatic heterocycles. The summed E-state index contributed by atoms with van der Waals surface area (Å²) in [4.78, 5) is 0. The van der Waals surface area contributed by atoms with Gasteiger partial charge in [-0.3, -0.25) is 0 Å². The average Bonchev–Trinajstić information content (AvgIpc) is 3.65.